The number of thiol groups is 1. The second-order valence-corrected chi connectivity index (χ2v) is 25.7. The van der Waals surface area contributed by atoms with Gasteiger partial charge in [-0.15, -0.1) is 46.6 Å². The molecule has 2 aliphatic heterocycles. The van der Waals surface area contributed by atoms with Crippen molar-refractivity contribution in [3.63, 3.8) is 0 Å². The number of thiophene rings is 3. The third-order valence-electron chi connectivity index (χ3n) is 15.9. The second-order valence-electron chi connectivity index (χ2n) is 21.8. The summed E-state index contributed by atoms with van der Waals surface area (Å²) in [4.78, 5) is 54.9. The van der Waals surface area contributed by atoms with Crippen LogP contribution in [0.4, 0.5) is 0 Å². The van der Waals surface area contributed by atoms with Crippen molar-refractivity contribution < 1.29 is 14.4 Å². The van der Waals surface area contributed by atoms with Crippen LogP contribution >= 0.6 is 46.6 Å². The van der Waals surface area contributed by atoms with Gasteiger partial charge in [0.25, 0.3) is 11.8 Å². The van der Waals surface area contributed by atoms with E-state index < -0.39 is 0 Å². The molecule has 0 radical (unpaired) electrons. The number of rotatable bonds is 38. The van der Waals surface area contributed by atoms with Gasteiger partial charge in [-0.3, -0.25) is 14.4 Å². The monoisotopic (exact) mass is 1080 g/mol. The quantitative estimate of drug-likeness (QED) is 0.0276. The first-order valence-corrected chi connectivity index (χ1v) is 32.7. The zero-order chi connectivity index (χ0) is 52.8. The smallest absolute Gasteiger partial charge is 0.261 e. The molecule has 9 heteroatoms. The first-order valence-electron chi connectivity index (χ1n) is 29.8. The summed E-state index contributed by atoms with van der Waals surface area (Å²) in [5.74, 6) is 0.738. The van der Waals surface area contributed by atoms with Crippen LogP contribution in [0.1, 0.15) is 257 Å². The van der Waals surface area contributed by atoms with Crippen molar-refractivity contribution in [1.29, 1.82) is 0 Å². The van der Waals surface area contributed by atoms with Crippen LogP contribution in [-0.2, 0) is 16.0 Å². The minimum Gasteiger partial charge on any atom is -0.306 e. The molecule has 0 spiro atoms. The van der Waals surface area contributed by atoms with E-state index in [9.17, 15) is 4.79 Å². The minimum atomic E-state index is 0.00553. The molecular weight excluding hydrogens is 985 g/mol. The lowest BCUT2D eigenvalue weighted by molar-refractivity contribution is -0.124. The van der Waals surface area contributed by atoms with E-state index in [1.165, 1.54) is 140 Å². The molecule has 3 aromatic heterocycles. The number of unbranched alkanes of at least 4 members (excludes halogenated alkanes) is 19. The summed E-state index contributed by atoms with van der Waals surface area (Å²) in [6.07, 6.45) is 39.6. The summed E-state index contributed by atoms with van der Waals surface area (Å²) < 4.78 is 1.11. The number of allylic oxidation sites excluding steroid dienone is 1. The van der Waals surface area contributed by atoms with Crippen LogP contribution in [-0.4, -0.2) is 41.0 Å². The molecule has 406 valence electrons. The first kappa shape index (κ1) is 60.0. The van der Waals surface area contributed by atoms with E-state index in [1.54, 1.807) is 34.0 Å². The Kier molecular flexibility index (Phi) is 25.8. The first-order chi connectivity index (χ1) is 36.1. The predicted molar refractivity (Wildman–Crippen MR) is 327 cm³/mol. The van der Waals surface area contributed by atoms with Crippen LogP contribution in [0.2, 0.25) is 0 Å². The highest BCUT2D eigenvalue weighted by Gasteiger charge is 2.50. The van der Waals surface area contributed by atoms with Gasteiger partial charge in [-0.25, -0.2) is 0 Å². The van der Waals surface area contributed by atoms with Crippen LogP contribution in [0.5, 0.6) is 0 Å². The molecule has 0 bridgehead atoms. The van der Waals surface area contributed by atoms with E-state index in [0.29, 0.717) is 36.1 Å². The van der Waals surface area contributed by atoms with Crippen molar-refractivity contribution in [2.75, 3.05) is 13.1 Å². The number of carbonyl (C=O) groups is 3. The van der Waals surface area contributed by atoms with Gasteiger partial charge in [0.2, 0.25) is 0 Å². The molecule has 5 nitrogen and oxygen atoms in total. The van der Waals surface area contributed by atoms with Gasteiger partial charge in [0, 0.05) is 42.9 Å². The van der Waals surface area contributed by atoms with Gasteiger partial charge < -0.3 is 9.80 Å². The van der Waals surface area contributed by atoms with Gasteiger partial charge in [-0.1, -0.05) is 194 Å². The summed E-state index contributed by atoms with van der Waals surface area (Å²) in [7, 11) is 0. The summed E-state index contributed by atoms with van der Waals surface area (Å²) in [6.45, 7) is 16.8. The molecule has 0 saturated heterocycles. The van der Waals surface area contributed by atoms with Gasteiger partial charge in [0.05, 0.1) is 32.3 Å². The molecule has 2 aliphatic rings. The topological polar surface area (TPSA) is 57.7 Å². The largest absolute Gasteiger partial charge is 0.306 e. The molecule has 2 amide bonds. The van der Waals surface area contributed by atoms with Crippen LogP contribution in [0.25, 0.3) is 37.3 Å². The average molecular weight is 1080 g/mol. The number of carbonyl (C=O) groups excluding carboxylic acids is 3. The van der Waals surface area contributed by atoms with Crippen molar-refractivity contribution in [3.8, 4) is 9.75 Å². The summed E-state index contributed by atoms with van der Waals surface area (Å²) in [5.41, 5.74) is 5.69. The Labute approximate surface area is 466 Å². The van der Waals surface area contributed by atoms with E-state index in [-0.39, 0.29) is 11.8 Å². The number of nitrogens with zero attached hydrogens (tertiary/aromatic N) is 2. The Morgan fingerprint density at radius 3 is 1.42 bits per heavy atom. The third-order valence-corrected chi connectivity index (χ3v) is 19.9. The van der Waals surface area contributed by atoms with E-state index >= 15 is 9.59 Å². The number of aryl methyl sites for hydroxylation is 2. The highest BCUT2D eigenvalue weighted by atomic mass is 32.1. The molecule has 0 saturated carbocycles. The maximum absolute atomic E-state index is 15.8. The van der Waals surface area contributed by atoms with Crippen LogP contribution < -0.4 is 0 Å². The molecule has 0 fully saturated rings. The highest BCUT2D eigenvalue weighted by molar-refractivity contribution is 7.80. The predicted octanol–water partition coefficient (Wildman–Crippen LogP) is 20.7. The lowest BCUT2D eigenvalue weighted by Crippen LogP contribution is -2.34. The normalized spacial score (nSPS) is 14.9. The standard InChI is InChI=1S/C65H94N2O3S4/c1-8-14-19-24-26-30-36-48(34-28-21-16-10-3)44-66-60(55-40-39-47(7)72-55)58-59(65(66)70)61(67(64(58)69)45-49(35-29-22-17-11-4)37-31-27-25-20-15-9-2)56-42-41-54(73-56)57-43-52-50(38-32-23-18-12-5)53(46-68)51(33-13-6)62(71)63(52)74-57/h13,33,39-43,46,48-49,71H,8-12,14-32,34-38,44-45H2,1-7H3. The Hall–Kier alpha value is -3.24. The molecular formula is C65H94N2O3S4. The SMILES string of the molecule is CC=Cc1c(C=O)c(CCCCCC)c2cc(-c3ccc(C4=C5C(=O)N(CC(CCCCCC)CCCCCCCC)C(c6ccc(C)s6)=C5C(=O)N4CC(CCCCCC)CCCCCCCC)s3)sc2c1S. The maximum atomic E-state index is 15.8. The van der Waals surface area contributed by atoms with Gasteiger partial charge in [-0.2, -0.15) is 0 Å². The number of amides is 2. The fraction of sp³-hybridized carbons (Fsp3) is 0.615. The number of hydrogen-bond acceptors (Lipinski definition) is 7. The van der Waals surface area contributed by atoms with E-state index in [2.05, 4.69) is 81.7 Å². The lowest BCUT2D eigenvalue weighted by atomic mass is 9.93. The maximum Gasteiger partial charge on any atom is 0.261 e. The molecule has 74 heavy (non-hydrogen) atoms. The summed E-state index contributed by atoms with van der Waals surface area (Å²) in [6, 6.07) is 11.0. The van der Waals surface area contributed by atoms with Crippen molar-refractivity contribution in [2.24, 2.45) is 11.8 Å². The third kappa shape index (κ3) is 15.7. The Morgan fingerprint density at radius 2 is 0.959 bits per heavy atom. The van der Waals surface area contributed by atoms with Crippen molar-refractivity contribution >= 4 is 92.3 Å². The number of benzene rings is 1. The highest BCUT2D eigenvalue weighted by Crippen LogP contribution is 2.51. The van der Waals surface area contributed by atoms with Gasteiger partial charge >= 0.3 is 0 Å². The molecule has 2 unspecified atom stereocenters. The zero-order valence-electron chi connectivity index (χ0n) is 47.0. The molecule has 1 aromatic carbocycles. The number of aldehydes is 1. The van der Waals surface area contributed by atoms with Gasteiger partial charge in [-0.05, 0) is 111 Å². The van der Waals surface area contributed by atoms with Crippen molar-refractivity contribution in [1.82, 2.24) is 9.80 Å². The zero-order valence-corrected chi connectivity index (χ0v) is 50.3. The van der Waals surface area contributed by atoms with Crippen LogP contribution in [0.3, 0.4) is 0 Å². The average Bonchev–Trinajstić information content (AvgIpc) is 4.25. The fourth-order valence-electron chi connectivity index (χ4n) is 11.7. The number of hydrogen-bond donors (Lipinski definition) is 1. The van der Waals surface area contributed by atoms with Crippen LogP contribution in [0.15, 0.2) is 52.4 Å². The van der Waals surface area contributed by atoms with Crippen molar-refractivity contribution in [3.05, 3.63) is 78.9 Å². The molecule has 0 aliphatic carbocycles. The fourth-order valence-corrected chi connectivity index (χ4v) is 15.3. The Balaban J connectivity index is 1.47. The minimum absolute atomic E-state index is 0.00553. The molecule has 0 N–H and O–H groups in total. The van der Waals surface area contributed by atoms with Crippen molar-refractivity contribution in [2.45, 2.75) is 240 Å². The van der Waals surface area contributed by atoms with Gasteiger partial charge in [0.15, 0.2) is 6.29 Å². The van der Waals surface area contributed by atoms with E-state index in [1.807, 2.05) is 19.1 Å². The molecule has 5 heterocycles. The second kappa shape index (κ2) is 31.9. The van der Waals surface area contributed by atoms with E-state index in [0.717, 1.165) is 120 Å². The Morgan fingerprint density at radius 1 is 0.527 bits per heavy atom. The molecule has 2 atom stereocenters. The van der Waals surface area contributed by atoms with E-state index in [4.69, 9.17) is 12.6 Å². The van der Waals surface area contributed by atoms with Gasteiger partial charge in [0.1, 0.15) is 0 Å². The lowest BCUT2D eigenvalue weighted by Gasteiger charge is -2.29. The molecule has 4 aromatic rings. The molecule has 6 rings (SSSR count). The Bertz CT molecular complexity index is 2500. The van der Waals surface area contributed by atoms with Crippen LogP contribution in [0, 0.1) is 18.8 Å². The number of fused-ring (bicyclic) bond motifs is 2. The summed E-state index contributed by atoms with van der Waals surface area (Å²) in [5, 5.41) is 1.12. The summed E-state index contributed by atoms with van der Waals surface area (Å²) >= 11 is 10.3.